The first-order valence-corrected chi connectivity index (χ1v) is 9.66. The Bertz CT molecular complexity index is 613. The maximum Gasteiger partial charge on any atom is 0.253 e. The van der Waals surface area contributed by atoms with Crippen LogP contribution < -0.4 is 10.6 Å². The molecule has 1 atom stereocenters. The molecule has 0 saturated carbocycles. The molecule has 2 amide bonds. The number of hydrogen-bond donors (Lipinski definition) is 2. The molecule has 158 valence electrons. The molecule has 2 fully saturated rings. The second-order valence-corrected chi connectivity index (χ2v) is 7.47. The van der Waals surface area contributed by atoms with Crippen molar-refractivity contribution in [3.63, 3.8) is 0 Å². The highest BCUT2D eigenvalue weighted by Gasteiger charge is 2.20. The second kappa shape index (κ2) is 12.3. The van der Waals surface area contributed by atoms with Gasteiger partial charge in [-0.05, 0) is 56.6 Å². The van der Waals surface area contributed by atoms with Gasteiger partial charge in [-0.3, -0.25) is 9.59 Å². The number of piperazine rings is 1. The third-order valence-corrected chi connectivity index (χ3v) is 5.42. The zero-order chi connectivity index (χ0) is 18.4. The fourth-order valence-corrected chi connectivity index (χ4v) is 3.54. The van der Waals surface area contributed by atoms with Gasteiger partial charge in [-0.25, -0.2) is 0 Å². The van der Waals surface area contributed by atoms with E-state index in [0.29, 0.717) is 18.9 Å². The Kier molecular flexibility index (Phi) is 10.8. The van der Waals surface area contributed by atoms with E-state index in [2.05, 4.69) is 22.6 Å². The number of rotatable bonds is 6. The molecule has 0 aliphatic carbocycles. The smallest absolute Gasteiger partial charge is 0.253 e. The van der Waals surface area contributed by atoms with E-state index in [0.717, 1.165) is 56.8 Å². The number of benzene rings is 1. The highest BCUT2D eigenvalue weighted by atomic mass is 35.5. The highest BCUT2D eigenvalue weighted by Crippen LogP contribution is 2.14. The van der Waals surface area contributed by atoms with Gasteiger partial charge in [0.05, 0.1) is 0 Å². The summed E-state index contributed by atoms with van der Waals surface area (Å²) in [7, 11) is 2.08. The van der Waals surface area contributed by atoms with E-state index in [1.807, 2.05) is 29.2 Å². The van der Waals surface area contributed by atoms with E-state index in [1.54, 1.807) is 0 Å². The summed E-state index contributed by atoms with van der Waals surface area (Å²) in [4.78, 5) is 28.7. The second-order valence-electron chi connectivity index (χ2n) is 7.47. The van der Waals surface area contributed by atoms with Gasteiger partial charge in [0.2, 0.25) is 5.91 Å². The van der Waals surface area contributed by atoms with Gasteiger partial charge in [0, 0.05) is 44.7 Å². The number of nitrogens with one attached hydrogen (secondary N) is 2. The molecule has 0 radical (unpaired) electrons. The summed E-state index contributed by atoms with van der Waals surface area (Å²) < 4.78 is 0. The SMILES string of the molecule is CN1CCN(C(=O)c2ccc(CNC(=O)CCC3CCNC3)cc2)CC1.Cl.Cl. The maximum absolute atomic E-state index is 12.5. The summed E-state index contributed by atoms with van der Waals surface area (Å²) in [6.07, 6.45) is 2.72. The number of hydrogen-bond acceptors (Lipinski definition) is 4. The number of halogens is 2. The summed E-state index contributed by atoms with van der Waals surface area (Å²) in [5.41, 5.74) is 1.74. The van der Waals surface area contributed by atoms with Crippen LogP contribution in [-0.4, -0.2) is 67.9 Å². The van der Waals surface area contributed by atoms with Crippen LogP contribution in [-0.2, 0) is 11.3 Å². The Balaban J connectivity index is 0.00000196. The van der Waals surface area contributed by atoms with Crippen LogP contribution in [0, 0.1) is 5.92 Å². The van der Waals surface area contributed by atoms with Crippen molar-refractivity contribution in [3.05, 3.63) is 35.4 Å². The predicted molar refractivity (Wildman–Crippen MR) is 116 cm³/mol. The standard InChI is InChI=1S/C20H30N4O2.2ClH/c1-23-10-12-24(13-11-23)20(26)18-5-2-16(3-6-18)15-22-19(25)7-4-17-8-9-21-14-17;;/h2-3,5-6,17,21H,4,7-15H2,1H3,(H,22,25);2*1H. The summed E-state index contributed by atoms with van der Waals surface area (Å²) in [6.45, 7) is 6.04. The van der Waals surface area contributed by atoms with Gasteiger partial charge in [-0.2, -0.15) is 0 Å². The van der Waals surface area contributed by atoms with Gasteiger partial charge in [0.25, 0.3) is 5.91 Å². The molecule has 2 aliphatic rings. The van der Waals surface area contributed by atoms with Gasteiger partial charge in [0.15, 0.2) is 0 Å². The van der Waals surface area contributed by atoms with Gasteiger partial charge in [0.1, 0.15) is 0 Å². The molecule has 2 aliphatic heterocycles. The van der Waals surface area contributed by atoms with Crippen molar-refractivity contribution >= 4 is 36.6 Å². The number of amides is 2. The lowest BCUT2D eigenvalue weighted by Gasteiger charge is -2.32. The molecule has 2 N–H and O–H groups in total. The first-order valence-electron chi connectivity index (χ1n) is 9.66. The molecule has 1 aromatic carbocycles. The first kappa shape index (κ1) is 24.7. The first-order chi connectivity index (χ1) is 12.6. The molecule has 8 heteroatoms. The van der Waals surface area contributed by atoms with E-state index in [4.69, 9.17) is 0 Å². The average molecular weight is 431 g/mol. The van der Waals surface area contributed by atoms with Crippen LogP contribution in [0.3, 0.4) is 0 Å². The van der Waals surface area contributed by atoms with Gasteiger partial charge < -0.3 is 20.4 Å². The van der Waals surface area contributed by atoms with E-state index < -0.39 is 0 Å². The average Bonchev–Trinajstić information content (AvgIpc) is 3.19. The third kappa shape index (κ3) is 7.24. The summed E-state index contributed by atoms with van der Waals surface area (Å²) in [5, 5.41) is 6.31. The molecule has 0 bridgehead atoms. The quantitative estimate of drug-likeness (QED) is 0.723. The summed E-state index contributed by atoms with van der Waals surface area (Å²) >= 11 is 0. The number of likely N-dealkylation sites (N-methyl/N-ethyl adjacent to an activating group) is 1. The third-order valence-electron chi connectivity index (χ3n) is 5.42. The molecule has 0 aromatic heterocycles. The molecular weight excluding hydrogens is 399 g/mol. The minimum absolute atomic E-state index is 0. The van der Waals surface area contributed by atoms with Crippen molar-refractivity contribution in [1.82, 2.24) is 20.4 Å². The molecule has 0 spiro atoms. The lowest BCUT2D eigenvalue weighted by Crippen LogP contribution is -2.47. The Morgan fingerprint density at radius 2 is 1.79 bits per heavy atom. The van der Waals surface area contributed by atoms with Crippen molar-refractivity contribution in [3.8, 4) is 0 Å². The molecule has 6 nitrogen and oxygen atoms in total. The fraction of sp³-hybridized carbons (Fsp3) is 0.600. The highest BCUT2D eigenvalue weighted by molar-refractivity contribution is 5.94. The van der Waals surface area contributed by atoms with Crippen LogP contribution in [0.2, 0.25) is 0 Å². The van der Waals surface area contributed by atoms with Gasteiger partial charge in [-0.15, -0.1) is 24.8 Å². The van der Waals surface area contributed by atoms with Crippen LogP contribution in [0.4, 0.5) is 0 Å². The van der Waals surface area contributed by atoms with Crippen LogP contribution in [0.1, 0.15) is 35.2 Å². The zero-order valence-corrected chi connectivity index (χ0v) is 18.1. The summed E-state index contributed by atoms with van der Waals surface area (Å²) in [6, 6.07) is 7.60. The van der Waals surface area contributed by atoms with Crippen LogP contribution in [0.15, 0.2) is 24.3 Å². The topological polar surface area (TPSA) is 64.7 Å². The monoisotopic (exact) mass is 430 g/mol. The molecule has 3 rings (SSSR count). The molecule has 28 heavy (non-hydrogen) atoms. The lowest BCUT2D eigenvalue weighted by molar-refractivity contribution is -0.121. The number of carbonyl (C=O) groups is 2. The van der Waals surface area contributed by atoms with E-state index in [9.17, 15) is 9.59 Å². The van der Waals surface area contributed by atoms with Crippen molar-refractivity contribution in [2.45, 2.75) is 25.8 Å². The largest absolute Gasteiger partial charge is 0.352 e. The van der Waals surface area contributed by atoms with E-state index in [1.165, 1.54) is 6.42 Å². The Hall–Kier alpha value is -1.34. The Labute approximate surface area is 180 Å². The van der Waals surface area contributed by atoms with E-state index in [-0.39, 0.29) is 36.6 Å². The minimum atomic E-state index is 0. The Morgan fingerprint density at radius 1 is 1.11 bits per heavy atom. The Morgan fingerprint density at radius 3 is 2.39 bits per heavy atom. The minimum Gasteiger partial charge on any atom is -0.352 e. The van der Waals surface area contributed by atoms with Crippen molar-refractivity contribution in [2.75, 3.05) is 46.3 Å². The fourth-order valence-electron chi connectivity index (χ4n) is 3.54. The lowest BCUT2D eigenvalue weighted by atomic mass is 10.0. The summed E-state index contributed by atoms with van der Waals surface area (Å²) in [5.74, 6) is 0.842. The zero-order valence-electron chi connectivity index (χ0n) is 16.5. The normalized spacial score (nSPS) is 19.5. The van der Waals surface area contributed by atoms with Crippen LogP contribution >= 0.6 is 24.8 Å². The van der Waals surface area contributed by atoms with E-state index >= 15 is 0 Å². The maximum atomic E-state index is 12.5. The number of nitrogens with zero attached hydrogens (tertiary/aromatic N) is 2. The molecule has 2 saturated heterocycles. The van der Waals surface area contributed by atoms with Crippen molar-refractivity contribution in [2.24, 2.45) is 5.92 Å². The van der Waals surface area contributed by atoms with Crippen molar-refractivity contribution < 1.29 is 9.59 Å². The molecular formula is C20H32Cl2N4O2. The molecule has 2 heterocycles. The molecule has 1 aromatic rings. The molecule has 1 unspecified atom stereocenters. The van der Waals surface area contributed by atoms with Gasteiger partial charge in [-0.1, -0.05) is 12.1 Å². The number of carbonyl (C=O) groups excluding carboxylic acids is 2. The van der Waals surface area contributed by atoms with Crippen molar-refractivity contribution in [1.29, 1.82) is 0 Å². The van der Waals surface area contributed by atoms with Crippen LogP contribution in [0.5, 0.6) is 0 Å². The van der Waals surface area contributed by atoms with Crippen LogP contribution in [0.25, 0.3) is 0 Å². The van der Waals surface area contributed by atoms with Gasteiger partial charge >= 0.3 is 0 Å². The predicted octanol–water partition coefficient (Wildman–Crippen LogP) is 1.92.